The number of amides is 2. The maximum atomic E-state index is 13.7. The first-order valence-electron chi connectivity index (χ1n) is 10.5. The lowest BCUT2D eigenvalue weighted by Gasteiger charge is -2.20. The number of hydrogen-bond acceptors (Lipinski definition) is 5. The number of nitrogens with one attached hydrogen (secondary N) is 1. The fourth-order valence-electron chi connectivity index (χ4n) is 3.33. The zero-order valence-electron chi connectivity index (χ0n) is 17.6. The Kier molecular flexibility index (Phi) is 6.98. The molecular weight excluding hydrogens is 454 g/mol. The smallest absolute Gasteiger partial charge is 0.254 e. The third kappa shape index (κ3) is 5.92. The highest BCUT2D eigenvalue weighted by atomic mass is 35.5. The zero-order chi connectivity index (χ0) is 23.4. The lowest BCUT2D eigenvalue weighted by atomic mass is 10.2. The normalized spacial score (nSPS) is 13.1. The molecule has 7 nitrogen and oxygen atoms in total. The van der Waals surface area contributed by atoms with E-state index in [2.05, 4.69) is 15.5 Å². The number of aromatic nitrogens is 2. The van der Waals surface area contributed by atoms with Crippen molar-refractivity contribution in [2.45, 2.75) is 38.3 Å². The predicted molar refractivity (Wildman–Crippen MR) is 116 cm³/mol. The second kappa shape index (κ2) is 10.1. The van der Waals surface area contributed by atoms with Crippen molar-refractivity contribution in [3.05, 3.63) is 70.6 Å². The van der Waals surface area contributed by atoms with Gasteiger partial charge in [0, 0.05) is 35.7 Å². The molecule has 0 atom stereocenters. The molecule has 2 amide bonds. The van der Waals surface area contributed by atoms with Crippen LogP contribution in [0.25, 0.3) is 11.5 Å². The van der Waals surface area contributed by atoms with Crippen molar-refractivity contribution in [1.82, 2.24) is 20.4 Å². The van der Waals surface area contributed by atoms with E-state index < -0.39 is 17.5 Å². The van der Waals surface area contributed by atoms with Crippen LogP contribution in [0.4, 0.5) is 8.78 Å². The van der Waals surface area contributed by atoms with Gasteiger partial charge in [0.2, 0.25) is 17.7 Å². The molecule has 1 aromatic heterocycles. The third-order valence-electron chi connectivity index (χ3n) is 5.20. The van der Waals surface area contributed by atoms with Crippen molar-refractivity contribution in [3.8, 4) is 11.5 Å². The number of nitrogens with zero attached hydrogens (tertiary/aromatic N) is 3. The van der Waals surface area contributed by atoms with E-state index in [0.717, 1.165) is 30.5 Å². The molecule has 172 valence electrons. The van der Waals surface area contributed by atoms with Crippen LogP contribution in [0.3, 0.4) is 0 Å². The van der Waals surface area contributed by atoms with Gasteiger partial charge in [0.25, 0.3) is 5.91 Å². The highest BCUT2D eigenvalue weighted by molar-refractivity contribution is 6.30. The molecule has 1 aliphatic carbocycles. The summed E-state index contributed by atoms with van der Waals surface area (Å²) in [6.45, 7) is 0.387. The van der Waals surface area contributed by atoms with Crippen LogP contribution in [0.2, 0.25) is 5.02 Å². The van der Waals surface area contributed by atoms with Crippen LogP contribution in [0.1, 0.15) is 41.9 Å². The van der Waals surface area contributed by atoms with E-state index in [1.807, 2.05) is 0 Å². The number of carbonyl (C=O) groups is 2. The Labute approximate surface area is 193 Å². The molecule has 0 aliphatic heterocycles. The van der Waals surface area contributed by atoms with Crippen LogP contribution in [0.5, 0.6) is 0 Å². The lowest BCUT2D eigenvalue weighted by molar-refractivity contribution is -0.132. The Morgan fingerprint density at radius 2 is 1.88 bits per heavy atom. The molecule has 0 spiro atoms. The van der Waals surface area contributed by atoms with Crippen molar-refractivity contribution in [2.75, 3.05) is 6.54 Å². The van der Waals surface area contributed by atoms with Crippen molar-refractivity contribution >= 4 is 23.4 Å². The molecule has 10 heteroatoms. The quantitative estimate of drug-likeness (QED) is 0.465. The second-order valence-electron chi connectivity index (χ2n) is 7.74. The van der Waals surface area contributed by atoms with Gasteiger partial charge in [-0.05, 0) is 55.7 Å². The van der Waals surface area contributed by atoms with Gasteiger partial charge >= 0.3 is 0 Å². The van der Waals surface area contributed by atoms with Gasteiger partial charge in [-0.25, -0.2) is 8.78 Å². The van der Waals surface area contributed by atoms with Gasteiger partial charge in [0.05, 0.1) is 12.1 Å². The molecule has 1 heterocycles. The van der Waals surface area contributed by atoms with E-state index in [1.165, 1.54) is 0 Å². The van der Waals surface area contributed by atoms with Crippen molar-refractivity contribution in [3.63, 3.8) is 0 Å². The lowest BCUT2D eigenvalue weighted by Crippen LogP contribution is -2.33. The fourth-order valence-corrected chi connectivity index (χ4v) is 3.46. The topological polar surface area (TPSA) is 88.3 Å². The maximum absolute atomic E-state index is 13.7. The van der Waals surface area contributed by atoms with Crippen molar-refractivity contribution < 1.29 is 22.8 Å². The molecule has 2 aromatic carbocycles. The Morgan fingerprint density at radius 3 is 2.58 bits per heavy atom. The molecule has 0 unspecified atom stereocenters. The number of rotatable bonds is 9. The average Bonchev–Trinajstić information content (AvgIpc) is 3.52. The summed E-state index contributed by atoms with van der Waals surface area (Å²) in [5, 5.41) is 11.2. The second-order valence-corrected chi connectivity index (χ2v) is 8.18. The molecule has 1 saturated carbocycles. The molecule has 1 aliphatic rings. The number of benzene rings is 2. The first-order chi connectivity index (χ1) is 15.9. The van der Waals surface area contributed by atoms with E-state index in [0.29, 0.717) is 29.3 Å². The maximum Gasteiger partial charge on any atom is 0.254 e. The van der Waals surface area contributed by atoms with Gasteiger partial charge in [-0.2, -0.15) is 0 Å². The van der Waals surface area contributed by atoms with Crippen LogP contribution in [0.15, 0.2) is 46.9 Å². The summed E-state index contributed by atoms with van der Waals surface area (Å²) in [7, 11) is 0. The van der Waals surface area contributed by atoms with Crippen molar-refractivity contribution in [2.24, 2.45) is 0 Å². The number of carbonyl (C=O) groups excluding carboxylic acids is 2. The fraction of sp³-hybridized carbons (Fsp3) is 0.304. The van der Waals surface area contributed by atoms with Crippen LogP contribution in [-0.2, 0) is 11.3 Å². The molecular formula is C23H21ClF2N4O3. The van der Waals surface area contributed by atoms with Crippen molar-refractivity contribution in [1.29, 1.82) is 0 Å². The summed E-state index contributed by atoms with van der Waals surface area (Å²) in [5.74, 6) is -1.75. The van der Waals surface area contributed by atoms with Crippen LogP contribution in [0, 0.1) is 11.6 Å². The Balaban J connectivity index is 1.28. The van der Waals surface area contributed by atoms with Gasteiger partial charge in [-0.15, -0.1) is 10.2 Å². The van der Waals surface area contributed by atoms with Crippen LogP contribution in [-0.4, -0.2) is 39.5 Å². The summed E-state index contributed by atoms with van der Waals surface area (Å²) in [6.07, 6.45) is 2.38. The monoisotopic (exact) mass is 474 g/mol. The summed E-state index contributed by atoms with van der Waals surface area (Å²) in [5.41, 5.74) is 0.492. The van der Waals surface area contributed by atoms with Gasteiger partial charge in [0.1, 0.15) is 11.6 Å². The van der Waals surface area contributed by atoms with E-state index in [-0.39, 0.29) is 37.0 Å². The standard InChI is InChI=1S/C23H21ClF2N4O3/c24-15-5-3-14(4-6-15)23-29-28-20(33-23)13-30(17-8-9-17)21(31)2-1-11-27-22(32)18-10-7-16(25)12-19(18)26/h3-7,10,12,17H,1-2,8-9,11,13H2,(H,27,32). The highest BCUT2D eigenvalue weighted by Gasteiger charge is 2.33. The molecule has 0 saturated heterocycles. The van der Waals surface area contributed by atoms with E-state index in [1.54, 1.807) is 29.2 Å². The van der Waals surface area contributed by atoms with Gasteiger partial charge < -0.3 is 14.6 Å². The Morgan fingerprint density at radius 1 is 1.12 bits per heavy atom. The Hall–Kier alpha value is -3.33. The molecule has 3 aromatic rings. The summed E-state index contributed by atoms with van der Waals surface area (Å²) in [4.78, 5) is 26.5. The molecule has 4 rings (SSSR count). The Bertz CT molecular complexity index is 1150. The van der Waals surface area contributed by atoms with Crippen LogP contribution < -0.4 is 5.32 Å². The third-order valence-corrected chi connectivity index (χ3v) is 5.45. The molecule has 33 heavy (non-hydrogen) atoms. The molecule has 0 radical (unpaired) electrons. The SMILES string of the molecule is O=C(NCCCC(=O)N(Cc1nnc(-c2ccc(Cl)cc2)o1)C1CC1)c1ccc(F)cc1F. The minimum Gasteiger partial charge on any atom is -0.419 e. The number of hydrogen-bond donors (Lipinski definition) is 1. The van der Waals surface area contributed by atoms with Gasteiger partial charge in [0.15, 0.2) is 0 Å². The molecule has 0 bridgehead atoms. The summed E-state index contributed by atoms with van der Waals surface area (Å²) < 4.78 is 32.4. The van der Waals surface area contributed by atoms with Gasteiger partial charge in [-0.3, -0.25) is 9.59 Å². The van der Waals surface area contributed by atoms with Gasteiger partial charge in [-0.1, -0.05) is 11.6 Å². The average molecular weight is 475 g/mol. The zero-order valence-corrected chi connectivity index (χ0v) is 18.3. The first-order valence-corrected chi connectivity index (χ1v) is 10.9. The summed E-state index contributed by atoms with van der Waals surface area (Å²) in [6, 6.07) is 9.89. The molecule has 1 N–H and O–H groups in total. The van der Waals surface area contributed by atoms with E-state index in [9.17, 15) is 18.4 Å². The summed E-state index contributed by atoms with van der Waals surface area (Å²) >= 11 is 5.90. The van der Waals surface area contributed by atoms with Crippen LogP contribution >= 0.6 is 11.6 Å². The highest BCUT2D eigenvalue weighted by Crippen LogP contribution is 2.29. The number of halogens is 3. The van der Waals surface area contributed by atoms with E-state index >= 15 is 0 Å². The largest absolute Gasteiger partial charge is 0.419 e. The molecule has 1 fully saturated rings. The van der Waals surface area contributed by atoms with E-state index in [4.69, 9.17) is 16.0 Å². The minimum absolute atomic E-state index is 0.0917. The predicted octanol–water partition coefficient (Wildman–Crippen LogP) is 4.37. The minimum atomic E-state index is -0.930. The first kappa shape index (κ1) is 22.8.